The van der Waals surface area contributed by atoms with Crippen LogP contribution in [0.1, 0.15) is 37.6 Å². The molecular formula is C23H28N2O5S. The van der Waals surface area contributed by atoms with Crippen molar-refractivity contribution >= 4 is 27.6 Å². The molecule has 0 heterocycles. The van der Waals surface area contributed by atoms with Crippen molar-refractivity contribution in [2.75, 3.05) is 12.4 Å². The lowest BCUT2D eigenvalue weighted by atomic mass is 9.77. The van der Waals surface area contributed by atoms with E-state index in [0.717, 1.165) is 12.1 Å². The SMILES string of the molecule is COC(=O)C1C(C)CC(Nc2ccc(C(=O)NS(=O)(=O)c3ccccc3)cc2)C1(C)C. The molecule has 0 aromatic heterocycles. The average Bonchev–Trinajstić information content (AvgIpc) is 2.96. The van der Waals surface area contributed by atoms with Gasteiger partial charge >= 0.3 is 5.97 Å². The molecule has 0 spiro atoms. The number of rotatable bonds is 6. The maximum Gasteiger partial charge on any atom is 0.309 e. The molecule has 1 amide bonds. The summed E-state index contributed by atoms with van der Waals surface area (Å²) < 4.78 is 31.8. The summed E-state index contributed by atoms with van der Waals surface area (Å²) in [5.74, 6) is -0.930. The maximum atomic E-state index is 12.4. The van der Waals surface area contributed by atoms with Crippen molar-refractivity contribution in [3.63, 3.8) is 0 Å². The molecule has 0 radical (unpaired) electrons. The van der Waals surface area contributed by atoms with Gasteiger partial charge in [-0.15, -0.1) is 0 Å². The Balaban J connectivity index is 1.69. The molecular weight excluding hydrogens is 416 g/mol. The number of hydrogen-bond acceptors (Lipinski definition) is 6. The predicted octanol–water partition coefficient (Wildman–Crippen LogP) is 3.44. The van der Waals surface area contributed by atoms with Crippen molar-refractivity contribution in [3.05, 3.63) is 60.2 Å². The van der Waals surface area contributed by atoms with E-state index in [9.17, 15) is 18.0 Å². The van der Waals surface area contributed by atoms with Gasteiger partial charge in [-0.3, -0.25) is 9.59 Å². The number of anilines is 1. The van der Waals surface area contributed by atoms with Gasteiger partial charge in [0.2, 0.25) is 0 Å². The Kier molecular flexibility index (Phi) is 6.40. The monoisotopic (exact) mass is 444 g/mol. The van der Waals surface area contributed by atoms with Gasteiger partial charge in [-0.1, -0.05) is 39.0 Å². The Bertz CT molecular complexity index is 1050. The number of esters is 1. The number of hydrogen-bond donors (Lipinski definition) is 2. The number of carbonyl (C=O) groups is 2. The second-order valence-corrected chi connectivity index (χ2v) is 10.2. The maximum absolute atomic E-state index is 12.4. The van der Waals surface area contributed by atoms with E-state index in [1.807, 2.05) is 20.8 Å². The number of ether oxygens (including phenoxy) is 1. The first kappa shape index (κ1) is 22.8. The number of methoxy groups -OCH3 is 1. The highest BCUT2D eigenvalue weighted by Gasteiger charge is 2.51. The van der Waals surface area contributed by atoms with Gasteiger partial charge in [0.25, 0.3) is 15.9 Å². The fourth-order valence-electron chi connectivity index (χ4n) is 4.43. The van der Waals surface area contributed by atoms with E-state index in [-0.39, 0.29) is 39.7 Å². The summed E-state index contributed by atoms with van der Waals surface area (Å²) in [4.78, 5) is 24.7. The van der Waals surface area contributed by atoms with Gasteiger partial charge in [0, 0.05) is 17.3 Å². The molecule has 0 aliphatic heterocycles. The van der Waals surface area contributed by atoms with Crippen molar-refractivity contribution in [2.24, 2.45) is 17.3 Å². The first-order valence-electron chi connectivity index (χ1n) is 10.1. The summed E-state index contributed by atoms with van der Waals surface area (Å²) in [5, 5.41) is 3.45. The zero-order valence-electron chi connectivity index (χ0n) is 18.1. The molecule has 7 nitrogen and oxygen atoms in total. The largest absolute Gasteiger partial charge is 0.469 e. The normalized spacial score (nSPS) is 22.5. The predicted molar refractivity (Wildman–Crippen MR) is 118 cm³/mol. The molecule has 166 valence electrons. The van der Waals surface area contributed by atoms with Crippen LogP contribution in [-0.4, -0.2) is 33.4 Å². The Hall–Kier alpha value is -2.87. The van der Waals surface area contributed by atoms with E-state index >= 15 is 0 Å². The molecule has 0 saturated heterocycles. The van der Waals surface area contributed by atoms with Crippen LogP contribution in [0.15, 0.2) is 59.5 Å². The van der Waals surface area contributed by atoms with Crippen LogP contribution in [0.4, 0.5) is 5.69 Å². The molecule has 3 rings (SSSR count). The van der Waals surface area contributed by atoms with E-state index < -0.39 is 15.9 Å². The minimum atomic E-state index is -3.93. The van der Waals surface area contributed by atoms with Crippen molar-refractivity contribution in [1.29, 1.82) is 0 Å². The third-order valence-electron chi connectivity index (χ3n) is 6.10. The molecule has 1 aliphatic carbocycles. The van der Waals surface area contributed by atoms with Gasteiger partial charge in [-0.25, -0.2) is 13.1 Å². The second kappa shape index (κ2) is 8.70. The third-order valence-corrected chi connectivity index (χ3v) is 7.45. The van der Waals surface area contributed by atoms with Gasteiger partial charge in [-0.05, 0) is 54.2 Å². The summed E-state index contributed by atoms with van der Waals surface area (Å²) in [6.45, 7) is 6.14. The van der Waals surface area contributed by atoms with Crippen molar-refractivity contribution < 1.29 is 22.7 Å². The van der Waals surface area contributed by atoms with Crippen molar-refractivity contribution in [1.82, 2.24) is 4.72 Å². The van der Waals surface area contributed by atoms with Crippen LogP contribution >= 0.6 is 0 Å². The lowest BCUT2D eigenvalue weighted by Gasteiger charge is -2.33. The minimum absolute atomic E-state index is 0.0272. The molecule has 1 aliphatic rings. The quantitative estimate of drug-likeness (QED) is 0.662. The molecule has 3 unspecified atom stereocenters. The zero-order chi connectivity index (χ0) is 22.8. The fourth-order valence-corrected chi connectivity index (χ4v) is 5.42. The molecule has 8 heteroatoms. The Morgan fingerprint density at radius 1 is 1.03 bits per heavy atom. The number of nitrogens with one attached hydrogen (secondary N) is 2. The highest BCUT2D eigenvalue weighted by molar-refractivity contribution is 7.90. The summed E-state index contributed by atoms with van der Waals surface area (Å²) in [6, 6.07) is 14.4. The third kappa shape index (κ3) is 4.74. The summed E-state index contributed by atoms with van der Waals surface area (Å²) in [5.41, 5.74) is 0.710. The van der Waals surface area contributed by atoms with Crippen LogP contribution in [0.2, 0.25) is 0 Å². The van der Waals surface area contributed by atoms with Crippen molar-refractivity contribution in [2.45, 2.75) is 38.1 Å². The number of sulfonamides is 1. The highest BCUT2D eigenvalue weighted by atomic mass is 32.2. The summed E-state index contributed by atoms with van der Waals surface area (Å²) in [6.07, 6.45) is 0.810. The van der Waals surface area contributed by atoms with Crippen LogP contribution in [-0.2, 0) is 19.6 Å². The average molecular weight is 445 g/mol. The van der Waals surface area contributed by atoms with Crippen LogP contribution in [0, 0.1) is 17.3 Å². The first-order chi connectivity index (χ1) is 14.6. The van der Waals surface area contributed by atoms with Gasteiger partial charge in [0.15, 0.2) is 0 Å². The minimum Gasteiger partial charge on any atom is -0.469 e. The number of amides is 1. The Labute approximate surface area is 183 Å². The van der Waals surface area contributed by atoms with Crippen LogP contribution in [0.5, 0.6) is 0 Å². The molecule has 31 heavy (non-hydrogen) atoms. The van der Waals surface area contributed by atoms with Gasteiger partial charge < -0.3 is 10.1 Å². The molecule has 2 aromatic rings. The van der Waals surface area contributed by atoms with E-state index in [2.05, 4.69) is 10.0 Å². The molecule has 1 fully saturated rings. The second-order valence-electron chi connectivity index (χ2n) is 8.56. The standard InChI is InChI=1S/C23H28N2O5S/c1-15-14-19(23(2,3)20(15)22(27)30-4)24-17-12-10-16(11-13-17)21(26)25-31(28,29)18-8-6-5-7-9-18/h5-13,15,19-20,24H,14H2,1-4H3,(H,25,26). The first-order valence-corrected chi connectivity index (χ1v) is 11.6. The number of benzene rings is 2. The Morgan fingerprint density at radius 3 is 2.23 bits per heavy atom. The fraction of sp³-hybridized carbons (Fsp3) is 0.391. The van der Waals surface area contributed by atoms with Gasteiger partial charge in [0.05, 0.1) is 17.9 Å². The van der Waals surface area contributed by atoms with Gasteiger partial charge in [-0.2, -0.15) is 0 Å². The molecule has 1 saturated carbocycles. The molecule has 2 aromatic carbocycles. The van der Waals surface area contributed by atoms with Crippen molar-refractivity contribution in [3.8, 4) is 0 Å². The molecule has 0 bridgehead atoms. The topological polar surface area (TPSA) is 102 Å². The van der Waals surface area contributed by atoms with E-state index in [1.165, 1.54) is 19.2 Å². The highest BCUT2D eigenvalue weighted by Crippen LogP contribution is 2.48. The van der Waals surface area contributed by atoms with E-state index in [0.29, 0.717) is 0 Å². The lowest BCUT2D eigenvalue weighted by molar-refractivity contribution is -0.150. The summed E-state index contributed by atoms with van der Waals surface area (Å²) >= 11 is 0. The lowest BCUT2D eigenvalue weighted by Crippen LogP contribution is -2.39. The molecule has 2 N–H and O–H groups in total. The summed E-state index contributed by atoms with van der Waals surface area (Å²) in [7, 11) is -2.52. The van der Waals surface area contributed by atoms with Crippen LogP contribution < -0.4 is 10.0 Å². The smallest absolute Gasteiger partial charge is 0.309 e. The van der Waals surface area contributed by atoms with E-state index in [4.69, 9.17) is 4.74 Å². The number of carbonyl (C=O) groups excluding carboxylic acids is 2. The van der Waals surface area contributed by atoms with E-state index in [1.54, 1.807) is 42.5 Å². The Morgan fingerprint density at radius 2 is 1.65 bits per heavy atom. The van der Waals surface area contributed by atoms with Gasteiger partial charge in [0.1, 0.15) is 0 Å². The zero-order valence-corrected chi connectivity index (χ0v) is 18.9. The van der Waals surface area contributed by atoms with Crippen LogP contribution in [0.3, 0.4) is 0 Å². The van der Waals surface area contributed by atoms with Crippen LogP contribution in [0.25, 0.3) is 0 Å². The molecule has 3 atom stereocenters.